The van der Waals surface area contributed by atoms with Crippen LogP contribution in [-0.2, 0) is 4.79 Å². The van der Waals surface area contributed by atoms with Gasteiger partial charge in [-0.1, -0.05) is 13.8 Å². The van der Waals surface area contributed by atoms with E-state index in [0.717, 1.165) is 5.69 Å². The average molecular weight is 208 g/mol. The number of hydrogen-bond donors (Lipinski definition) is 3. The largest absolute Gasteiger partial charge is 0.480 e. The van der Waals surface area contributed by atoms with Gasteiger partial charge in [0.25, 0.3) is 0 Å². The Kier molecular flexibility index (Phi) is 3.55. The monoisotopic (exact) mass is 208 g/mol. The second kappa shape index (κ2) is 4.68. The summed E-state index contributed by atoms with van der Waals surface area (Å²) in [6.07, 6.45) is 0. The summed E-state index contributed by atoms with van der Waals surface area (Å²) in [5.41, 5.74) is 6.97. The molecule has 82 valence electrons. The SMILES string of the molecule is CC(C)C(Nc1ccc(N)cc1)C(=O)O. The van der Waals surface area contributed by atoms with E-state index in [4.69, 9.17) is 10.8 Å². The number of hydrogen-bond acceptors (Lipinski definition) is 3. The second-order valence-corrected chi connectivity index (χ2v) is 3.83. The fourth-order valence-electron chi connectivity index (χ4n) is 1.27. The van der Waals surface area contributed by atoms with Crippen molar-refractivity contribution in [1.29, 1.82) is 0 Å². The molecular formula is C11H16N2O2. The van der Waals surface area contributed by atoms with Gasteiger partial charge in [0, 0.05) is 11.4 Å². The summed E-state index contributed by atoms with van der Waals surface area (Å²) < 4.78 is 0. The minimum absolute atomic E-state index is 0.0278. The molecule has 0 aliphatic heterocycles. The van der Waals surface area contributed by atoms with Gasteiger partial charge in [0.05, 0.1) is 0 Å². The summed E-state index contributed by atoms with van der Waals surface area (Å²) in [4.78, 5) is 10.9. The van der Waals surface area contributed by atoms with E-state index in [-0.39, 0.29) is 5.92 Å². The number of aliphatic carboxylic acids is 1. The maximum atomic E-state index is 10.9. The van der Waals surface area contributed by atoms with Gasteiger partial charge < -0.3 is 16.2 Å². The van der Waals surface area contributed by atoms with Crippen molar-refractivity contribution >= 4 is 17.3 Å². The number of rotatable bonds is 4. The predicted octanol–water partition coefficient (Wildman–Crippen LogP) is 1.79. The highest BCUT2D eigenvalue weighted by Crippen LogP contribution is 2.14. The Morgan fingerprint density at radius 3 is 2.27 bits per heavy atom. The van der Waals surface area contributed by atoms with E-state index in [9.17, 15) is 4.79 Å². The van der Waals surface area contributed by atoms with Gasteiger partial charge in [-0.3, -0.25) is 0 Å². The predicted molar refractivity (Wildman–Crippen MR) is 60.7 cm³/mol. The van der Waals surface area contributed by atoms with E-state index in [0.29, 0.717) is 5.69 Å². The van der Waals surface area contributed by atoms with Crippen molar-refractivity contribution in [2.45, 2.75) is 19.9 Å². The van der Waals surface area contributed by atoms with Crippen LogP contribution in [0.2, 0.25) is 0 Å². The van der Waals surface area contributed by atoms with Gasteiger partial charge in [0.2, 0.25) is 0 Å². The number of nitrogens with one attached hydrogen (secondary N) is 1. The number of benzene rings is 1. The summed E-state index contributed by atoms with van der Waals surface area (Å²) in [7, 11) is 0. The average Bonchev–Trinajstić information content (AvgIpc) is 2.15. The van der Waals surface area contributed by atoms with E-state index in [1.54, 1.807) is 24.3 Å². The molecule has 0 fully saturated rings. The molecule has 0 spiro atoms. The summed E-state index contributed by atoms with van der Waals surface area (Å²) in [5, 5.41) is 11.9. The summed E-state index contributed by atoms with van der Waals surface area (Å²) >= 11 is 0. The van der Waals surface area contributed by atoms with Gasteiger partial charge in [-0.25, -0.2) is 4.79 Å². The first-order valence-electron chi connectivity index (χ1n) is 4.85. The zero-order valence-electron chi connectivity index (χ0n) is 8.90. The highest BCUT2D eigenvalue weighted by atomic mass is 16.4. The fraction of sp³-hybridized carbons (Fsp3) is 0.364. The van der Waals surface area contributed by atoms with Gasteiger partial charge >= 0.3 is 5.97 Å². The lowest BCUT2D eigenvalue weighted by molar-refractivity contribution is -0.138. The maximum absolute atomic E-state index is 10.9. The third kappa shape index (κ3) is 3.16. The van der Waals surface area contributed by atoms with Crippen LogP contribution in [0.5, 0.6) is 0 Å². The number of nitrogen functional groups attached to an aromatic ring is 1. The molecule has 0 radical (unpaired) electrons. The van der Waals surface area contributed by atoms with Crippen molar-refractivity contribution in [3.63, 3.8) is 0 Å². The first kappa shape index (κ1) is 11.4. The van der Waals surface area contributed by atoms with E-state index in [1.807, 2.05) is 13.8 Å². The molecule has 1 aromatic carbocycles. The van der Waals surface area contributed by atoms with Crippen LogP contribution in [-0.4, -0.2) is 17.1 Å². The van der Waals surface area contributed by atoms with Crippen LogP contribution in [0.25, 0.3) is 0 Å². The summed E-state index contributed by atoms with van der Waals surface area (Å²) in [6, 6.07) is 6.44. The molecular weight excluding hydrogens is 192 g/mol. The summed E-state index contributed by atoms with van der Waals surface area (Å²) in [6.45, 7) is 3.73. The smallest absolute Gasteiger partial charge is 0.326 e. The quantitative estimate of drug-likeness (QED) is 0.659. The molecule has 4 heteroatoms. The molecule has 0 aromatic heterocycles. The van der Waals surface area contributed by atoms with E-state index >= 15 is 0 Å². The molecule has 0 saturated heterocycles. The fourth-order valence-corrected chi connectivity index (χ4v) is 1.27. The number of nitrogens with two attached hydrogens (primary N) is 1. The van der Waals surface area contributed by atoms with Crippen LogP contribution >= 0.6 is 0 Å². The van der Waals surface area contributed by atoms with E-state index < -0.39 is 12.0 Å². The first-order chi connectivity index (χ1) is 7.00. The summed E-state index contributed by atoms with van der Waals surface area (Å²) in [5.74, 6) is -0.818. The van der Waals surface area contributed by atoms with Gasteiger partial charge in [-0.2, -0.15) is 0 Å². The highest BCUT2D eigenvalue weighted by Gasteiger charge is 2.20. The third-order valence-corrected chi connectivity index (χ3v) is 2.17. The molecule has 4 N–H and O–H groups in total. The Hall–Kier alpha value is -1.71. The minimum atomic E-state index is -0.846. The zero-order chi connectivity index (χ0) is 11.4. The van der Waals surface area contributed by atoms with Crippen molar-refractivity contribution in [1.82, 2.24) is 0 Å². The lowest BCUT2D eigenvalue weighted by Crippen LogP contribution is -2.34. The number of anilines is 2. The van der Waals surface area contributed by atoms with Crippen molar-refractivity contribution in [3.8, 4) is 0 Å². The Morgan fingerprint density at radius 1 is 1.33 bits per heavy atom. The van der Waals surface area contributed by atoms with E-state index in [2.05, 4.69) is 5.32 Å². The van der Waals surface area contributed by atoms with Crippen LogP contribution in [0, 0.1) is 5.92 Å². The molecule has 15 heavy (non-hydrogen) atoms. The normalized spacial score (nSPS) is 12.5. The van der Waals surface area contributed by atoms with Crippen molar-refractivity contribution in [2.24, 2.45) is 5.92 Å². The molecule has 1 unspecified atom stereocenters. The molecule has 1 aromatic rings. The molecule has 0 aliphatic rings. The van der Waals surface area contributed by atoms with Crippen LogP contribution in [0.3, 0.4) is 0 Å². The molecule has 0 aliphatic carbocycles. The first-order valence-corrected chi connectivity index (χ1v) is 4.85. The van der Waals surface area contributed by atoms with E-state index in [1.165, 1.54) is 0 Å². The van der Waals surface area contributed by atoms with Crippen molar-refractivity contribution in [3.05, 3.63) is 24.3 Å². The lowest BCUT2D eigenvalue weighted by Gasteiger charge is -2.19. The van der Waals surface area contributed by atoms with Crippen LogP contribution in [0.4, 0.5) is 11.4 Å². The Bertz CT molecular complexity index is 333. The highest BCUT2D eigenvalue weighted by molar-refractivity contribution is 5.77. The van der Waals surface area contributed by atoms with Crippen molar-refractivity contribution < 1.29 is 9.90 Å². The molecule has 0 saturated carbocycles. The lowest BCUT2D eigenvalue weighted by atomic mass is 10.0. The Labute approximate surface area is 89.1 Å². The number of carboxylic acid groups (broad SMARTS) is 1. The molecule has 1 atom stereocenters. The van der Waals surface area contributed by atoms with Crippen LogP contribution < -0.4 is 11.1 Å². The maximum Gasteiger partial charge on any atom is 0.326 e. The van der Waals surface area contributed by atoms with Crippen molar-refractivity contribution in [2.75, 3.05) is 11.1 Å². The molecule has 0 bridgehead atoms. The molecule has 4 nitrogen and oxygen atoms in total. The van der Waals surface area contributed by atoms with Crippen LogP contribution in [0.15, 0.2) is 24.3 Å². The standard InChI is InChI=1S/C11H16N2O2/c1-7(2)10(11(14)15)13-9-5-3-8(12)4-6-9/h3-7,10,13H,12H2,1-2H3,(H,14,15). The van der Waals surface area contributed by atoms with Gasteiger partial charge in [0.1, 0.15) is 6.04 Å². The Morgan fingerprint density at radius 2 is 1.87 bits per heavy atom. The van der Waals surface area contributed by atoms with Gasteiger partial charge in [-0.15, -0.1) is 0 Å². The van der Waals surface area contributed by atoms with Gasteiger partial charge in [0.15, 0.2) is 0 Å². The van der Waals surface area contributed by atoms with Gasteiger partial charge in [-0.05, 0) is 30.2 Å². The molecule has 1 rings (SSSR count). The molecule has 0 heterocycles. The number of carboxylic acids is 1. The second-order valence-electron chi connectivity index (χ2n) is 3.83. The van der Waals surface area contributed by atoms with Crippen LogP contribution in [0.1, 0.15) is 13.8 Å². The molecule has 0 amide bonds. The minimum Gasteiger partial charge on any atom is -0.480 e. The zero-order valence-corrected chi connectivity index (χ0v) is 8.90. The topological polar surface area (TPSA) is 75.3 Å². The third-order valence-electron chi connectivity index (χ3n) is 2.17. The Balaban J connectivity index is 2.74. The number of carbonyl (C=O) groups is 1.